The van der Waals surface area contributed by atoms with Gasteiger partial charge in [0, 0.05) is 0 Å². The van der Waals surface area contributed by atoms with E-state index in [0.29, 0.717) is 5.56 Å². The normalized spacial score (nSPS) is 18.7. The summed E-state index contributed by atoms with van der Waals surface area (Å²) < 4.78 is 13.3. The van der Waals surface area contributed by atoms with Gasteiger partial charge in [-0.25, -0.2) is 9.18 Å². The van der Waals surface area contributed by atoms with E-state index < -0.39 is 23.6 Å². The van der Waals surface area contributed by atoms with Crippen molar-refractivity contribution < 1.29 is 14.3 Å². The average Bonchev–Trinajstić information content (AvgIpc) is 2.59. The molecule has 1 aromatic carbocycles. The van der Waals surface area contributed by atoms with Crippen molar-refractivity contribution in [2.75, 3.05) is 6.54 Å². The molecule has 6 heteroatoms. The Balaban J connectivity index is 2.41. The number of phenols is 1. The molecule has 92 valence electrons. The van der Waals surface area contributed by atoms with E-state index in [1.165, 1.54) is 17.0 Å². The fourth-order valence-electron chi connectivity index (χ4n) is 1.81. The molecule has 3 N–H and O–H groups in total. The van der Waals surface area contributed by atoms with Crippen molar-refractivity contribution in [1.29, 1.82) is 0 Å². The molecule has 0 bridgehead atoms. The predicted octanol–water partition coefficient (Wildman–Crippen LogP) is 0.998. The van der Waals surface area contributed by atoms with E-state index in [1.807, 2.05) is 0 Å². The first-order chi connectivity index (χ1) is 8.54. The maximum Gasteiger partial charge on any atom is 0.346 e. The van der Waals surface area contributed by atoms with Crippen LogP contribution in [0.25, 0.3) is 0 Å². The summed E-state index contributed by atoms with van der Waals surface area (Å²) in [6, 6.07) is 2.51. The molecule has 0 aromatic heterocycles. The zero-order valence-corrected chi connectivity index (χ0v) is 9.30. The Kier molecular flexibility index (Phi) is 2.90. The van der Waals surface area contributed by atoms with Crippen LogP contribution in [-0.4, -0.2) is 28.4 Å². The number of nitrogens with two attached hydrogens (primary N) is 1. The van der Waals surface area contributed by atoms with E-state index >= 15 is 0 Å². The molecule has 1 unspecified atom stereocenters. The smallest absolute Gasteiger partial charge is 0.346 e. The van der Waals surface area contributed by atoms with Crippen molar-refractivity contribution in [1.82, 2.24) is 4.90 Å². The van der Waals surface area contributed by atoms with Gasteiger partial charge in [0.1, 0.15) is 11.9 Å². The summed E-state index contributed by atoms with van der Waals surface area (Å²) in [5.74, 6) is 1.11. The molecule has 18 heavy (non-hydrogen) atoms. The third-order valence-electron chi connectivity index (χ3n) is 2.61. The highest BCUT2D eigenvalue weighted by Gasteiger charge is 2.34. The summed E-state index contributed by atoms with van der Waals surface area (Å²) in [6.45, 7) is 0.0240. The minimum Gasteiger partial charge on any atom is -0.505 e. The van der Waals surface area contributed by atoms with Crippen molar-refractivity contribution in [3.05, 3.63) is 29.6 Å². The van der Waals surface area contributed by atoms with Gasteiger partial charge in [0.15, 0.2) is 11.6 Å². The van der Waals surface area contributed by atoms with E-state index in [0.717, 1.165) is 6.07 Å². The molecule has 5 nitrogen and oxygen atoms in total. The largest absolute Gasteiger partial charge is 0.505 e. The standard InChI is InChI=1S/C12H10FN3O2/c1-2-5-16-10(11(14)15-12(16)18)7-3-4-9(17)8(13)6-7/h1,3-4,6,10,17H,5H2,(H2,14,15,18). The quantitative estimate of drug-likeness (QED) is 0.765. The van der Waals surface area contributed by atoms with Gasteiger partial charge in [-0.05, 0) is 17.7 Å². The second kappa shape index (κ2) is 4.37. The summed E-state index contributed by atoms with van der Waals surface area (Å²) in [4.78, 5) is 16.4. The molecular weight excluding hydrogens is 237 g/mol. The topological polar surface area (TPSA) is 78.9 Å². The van der Waals surface area contributed by atoms with Crippen molar-refractivity contribution in [3.63, 3.8) is 0 Å². The van der Waals surface area contributed by atoms with Crippen LogP contribution in [0.15, 0.2) is 23.2 Å². The zero-order chi connectivity index (χ0) is 13.3. The minimum absolute atomic E-state index is 0.0240. The molecule has 0 radical (unpaired) electrons. The number of rotatable bonds is 2. The van der Waals surface area contributed by atoms with Gasteiger partial charge in [-0.1, -0.05) is 12.0 Å². The number of nitrogens with zero attached hydrogens (tertiary/aromatic N) is 2. The summed E-state index contributed by atoms with van der Waals surface area (Å²) in [5.41, 5.74) is 6.05. The van der Waals surface area contributed by atoms with Crippen molar-refractivity contribution >= 4 is 11.9 Å². The summed E-state index contributed by atoms with van der Waals surface area (Å²) in [6.07, 6.45) is 5.16. The lowest BCUT2D eigenvalue weighted by molar-refractivity contribution is 0.213. The fraction of sp³-hybridized carbons (Fsp3) is 0.167. The first-order valence-corrected chi connectivity index (χ1v) is 5.11. The van der Waals surface area contributed by atoms with Crippen LogP contribution in [-0.2, 0) is 0 Å². The molecule has 0 aliphatic carbocycles. The number of aromatic hydroxyl groups is 1. The molecular formula is C12H10FN3O2. The number of hydrogen-bond donors (Lipinski definition) is 2. The van der Waals surface area contributed by atoms with E-state index in [1.54, 1.807) is 0 Å². The lowest BCUT2D eigenvalue weighted by atomic mass is 10.0. The van der Waals surface area contributed by atoms with E-state index in [9.17, 15) is 9.18 Å². The Morgan fingerprint density at radius 2 is 2.33 bits per heavy atom. The van der Waals surface area contributed by atoms with E-state index in [4.69, 9.17) is 17.3 Å². The lowest BCUT2D eigenvalue weighted by Crippen LogP contribution is -2.33. The van der Waals surface area contributed by atoms with Crippen molar-refractivity contribution in [2.45, 2.75) is 6.04 Å². The maximum atomic E-state index is 13.3. The van der Waals surface area contributed by atoms with Crippen LogP contribution in [0, 0.1) is 18.2 Å². The van der Waals surface area contributed by atoms with E-state index in [2.05, 4.69) is 10.9 Å². The Morgan fingerprint density at radius 3 is 2.94 bits per heavy atom. The average molecular weight is 247 g/mol. The minimum atomic E-state index is -0.791. The monoisotopic (exact) mass is 247 g/mol. The Morgan fingerprint density at radius 1 is 1.61 bits per heavy atom. The highest BCUT2D eigenvalue weighted by Crippen LogP contribution is 2.29. The lowest BCUT2D eigenvalue weighted by Gasteiger charge is -2.22. The molecule has 0 spiro atoms. The number of amidine groups is 1. The Hall–Kier alpha value is -2.55. The number of urea groups is 1. The van der Waals surface area contributed by atoms with Gasteiger partial charge in [0.2, 0.25) is 0 Å². The molecule has 1 aliphatic heterocycles. The zero-order valence-electron chi connectivity index (χ0n) is 9.30. The number of phenolic OH excluding ortho intramolecular Hbond substituents is 1. The van der Waals surface area contributed by atoms with Crippen LogP contribution in [0.1, 0.15) is 11.6 Å². The van der Waals surface area contributed by atoms with Crippen LogP contribution in [0.2, 0.25) is 0 Å². The number of halogens is 1. The number of carbonyl (C=O) groups excluding carboxylic acids is 1. The van der Waals surface area contributed by atoms with E-state index in [-0.39, 0.29) is 12.4 Å². The van der Waals surface area contributed by atoms with Gasteiger partial charge in [-0.2, -0.15) is 4.99 Å². The molecule has 0 saturated carbocycles. The van der Waals surface area contributed by atoms with Gasteiger partial charge in [0.05, 0.1) is 6.54 Å². The molecule has 2 amide bonds. The Bertz CT molecular complexity index is 577. The highest BCUT2D eigenvalue weighted by molar-refractivity contribution is 6.03. The maximum absolute atomic E-state index is 13.3. The van der Waals surface area contributed by atoms with Crippen LogP contribution in [0.5, 0.6) is 5.75 Å². The number of terminal acetylenes is 1. The number of aliphatic imine (C=N–C) groups is 1. The third-order valence-corrected chi connectivity index (χ3v) is 2.61. The van der Waals surface area contributed by atoms with Crippen LogP contribution in [0.4, 0.5) is 9.18 Å². The van der Waals surface area contributed by atoms with Gasteiger partial charge < -0.3 is 10.8 Å². The molecule has 1 aliphatic rings. The van der Waals surface area contributed by atoms with Gasteiger partial charge in [0.25, 0.3) is 0 Å². The SMILES string of the molecule is C#CCN1C(=O)N=C(N)C1c1ccc(O)c(F)c1. The summed E-state index contributed by atoms with van der Waals surface area (Å²) in [5, 5.41) is 9.12. The van der Waals surface area contributed by atoms with Crippen LogP contribution < -0.4 is 5.73 Å². The van der Waals surface area contributed by atoms with Crippen molar-refractivity contribution in [3.8, 4) is 18.1 Å². The van der Waals surface area contributed by atoms with Crippen LogP contribution in [0.3, 0.4) is 0 Å². The highest BCUT2D eigenvalue weighted by atomic mass is 19.1. The van der Waals surface area contributed by atoms with Crippen LogP contribution >= 0.6 is 0 Å². The Labute approximate surface area is 103 Å². The summed E-state index contributed by atoms with van der Waals surface area (Å²) >= 11 is 0. The third kappa shape index (κ3) is 1.86. The molecule has 2 rings (SSSR count). The second-order valence-corrected chi connectivity index (χ2v) is 3.76. The molecule has 0 saturated heterocycles. The first kappa shape index (κ1) is 11.9. The van der Waals surface area contributed by atoms with Gasteiger partial charge in [-0.15, -0.1) is 6.42 Å². The number of carbonyl (C=O) groups is 1. The molecule has 1 aromatic rings. The van der Waals surface area contributed by atoms with Gasteiger partial charge in [-0.3, -0.25) is 4.90 Å². The predicted molar refractivity (Wildman–Crippen MR) is 63.4 cm³/mol. The molecule has 1 atom stereocenters. The fourth-order valence-corrected chi connectivity index (χ4v) is 1.81. The number of amides is 2. The molecule has 0 fully saturated rings. The number of benzene rings is 1. The molecule has 1 heterocycles. The summed E-state index contributed by atoms with van der Waals surface area (Å²) in [7, 11) is 0. The first-order valence-electron chi connectivity index (χ1n) is 5.11. The number of hydrogen-bond acceptors (Lipinski definition) is 3. The van der Waals surface area contributed by atoms with Gasteiger partial charge >= 0.3 is 6.03 Å². The second-order valence-electron chi connectivity index (χ2n) is 3.76. The van der Waals surface area contributed by atoms with Crippen molar-refractivity contribution in [2.24, 2.45) is 10.7 Å².